The first-order valence-electron chi connectivity index (χ1n) is 8.51. The van der Waals surface area contributed by atoms with E-state index in [1.165, 1.54) is 0 Å². The van der Waals surface area contributed by atoms with Crippen LogP contribution in [-0.4, -0.2) is 46.3 Å². The smallest absolute Gasteiger partial charge is 0.326 e. The van der Waals surface area contributed by atoms with Gasteiger partial charge in [-0.05, 0) is 17.5 Å². The van der Waals surface area contributed by atoms with Gasteiger partial charge in [0.05, 0.1) is 12.5 Å². The van der Waals surface area contributed by atoms with Gasteiger partial charge in [0.1, 0.15) is 6.04 Å². The predicted octanol–water partition coefficient (Wildman–Crippen LogP) is 1.50. The maximum Gasteiger partial charge on any atom is 0.326 e. The van der Waals surface area contributed by atoms with Gasteiger partial charge >= 0.3 is 5.97 Å². The molecule has 0 saturated heterocycles. The average molecular weight is 370 g/mol. The Morgan fingerprint density at radius 3 is 1.96 bits per heavy atom. The largest absolute Gasteiger partial charge is 0.480 e. The molecular formula is C20H22N2O5. The van der Waals surface area contributed by atoms with E-state index in [2.05, 4.69) is 5.32 Å². The van der Waals surface area contributed by atoms with Gasteiger partial charge in [-0.2, -0.15) is 0 Å². The summed E-state index contributed by atoms with van der Waals surface area (Å²) in [5.74, 6) is -2.48. The summed E-state index contributed by atoms with van der Waals surface area (Å²) in [5, 5.41) is 21.9. The Balaban J connectivity index is 2.11. The van der Waals surface area contributed by atoms with Gasteiger partial charge in [0.25, 0.3) is 0 Å². The maximum atomic E-state index is 12.7. The van der Waals surface area contributed by atoms with Crippen LogP contribution in [0.1, 0.15) is 11.1 Å². The van der Waals surface area contributed by atoms with Crippen molar-refractivity contribution in [1.29, 1.82) is 0 Å². The molecule has 2 aromatic rings. The van der Waals surface area contributed by atoms with Crippen LogP contribution < -0.4 is 5.32 Å². The van der Waals surface area contributed by atoms with Gasteiger partial charge in [-0.1, -0.05) is 60.7 Å². The van der Waals surface area contributed by atoms with Gasteiger partial charge in [-0.15, -0.1) is 0 Å². The number of nitrogens with one attached hydrogen (secondary N) is 1. The lowest BCUT2D eigenvalue weighted by atomic mass is 9.97. The molecule has 0 heterocycles. The normalized spacial score (nSPS) is 12.6. The lowest BCUT2D eigenvalue weighted by Gasteiger charge is -2.22. The molecule has 0 fully saturated rings. The highest BCUT2D eigenvalue weighted by Crippen LogP contribution is 2.12. The highest BCUT2D eigenvalue weighted by atomic mass is 16.5. The summed E-state index contributed by atoms with van der Waals surface area (Å²) in [6, 6.07) is 17.0. The highest BCUT2D eigenvalue weighted by molar-refractivity contribution is 5.85. The monoisotopic (exact) mass is 370 g/mol. The third-order valence-electron chi connectivity index (χ3n) is 4.12. The highest BCUT2D eigenvalue weighted by Gasteiger charge is 2.27. The molecule has 0 bridgehead atoms. The summed E-state index contributed by atoms with van der Waals surface area (Å²) in [7, 11) is 0. The van der Waals surface area contributed by atoms with E-state index in [0.29, 0.717) is 5.06 Å². The van der Waals surface area contributed by atoms with Crippen LogP contribution in [0.2, 0.25) is 0 Å². The number of carboxylic acid groups (broad SMARTS) is 1. The van der Waals surface area contributed by atoms with Gasteiger partial charge in [0.2, 0.25) is 12.3 Å². The van der Waals surface area contributed by atoms with E-state index < -0.39 is 23.8 Å². The first-order valence-corrected chi connectivity index (χ1v) is 8.51. The zero-order valence-corrected chi connectivity index (χ0v) is 14.7. The maximum absolute atomic E-state index is 12.7. The molecule has 142 valence electrons. The van der Waals surface area contributed by atoms with E-state index in [1.54, 1.807) is 24.3 Å². The minimum Gasteiger partial charge on any atom is -0.480 e. The number of nitrogens with zero attached hydrogens (tertiary/aromatic N) is 1. The van der Waals surface area contributed by atoms with Crippen molar-refractivity contribution in [2.75, 3.05) is 6.54 Å². The molecule has 27 heavy (non-hydrogen) atoms. The molecule has 2 rings (SSSR count). The molecule has 0 aliphatic heterocycles. The number of aliphatic carboxylic acids is 1. The van der Waals surface area contributed by atoms with Crippen LogP contribution in [0.4, 0.5) is 0 Å². The second-order valence-electron chi connectivity index (χ2n) is 6.20. The summed E-state index contributed by atoms with van der Waals surface area (Å²) in [5.41, 5.74) is 1.62. The van der Waals surface area contributed by atoms with Crippen LogP contribution >= 0.6 is 0 Å². The Labute approximate surface area is 157 Å². The van der Waals surface area contributed by atoms with Gasteiger partial charge in [-0.25, -0.2) is 9.86 Å². The van der Waals surface area contributed by atoms with Crippen molar-refractivity contribution in [2.24, 2.45) is 5.92 Å². The molecule has 0 aliphatic rings. The van der Waals surface area contributed by atoms with Crippen LogP contribution in [0.25, 0.3) is 0 Å². The number of amides is 2. The van der Waals surface area contributed by atoms with Gasteiger partial charge in [0, 0.05) is 6.42 Å². The van der Waals surface area contributed by atoms with Gasteiger partial charge < -0.3 is 10.4 Å². The lowest BCUT2D eigenvalue weighted by molar-refractivity contribution is -0.155. The first kappa shape index (κ1) is 20.1. The third kappa shape index (κ3) is 6.56. The van der Waals surface area contributed by atoms with E-state index in [1.807, 2.05) is 36.4 Å². The molecule has 0 saturated carbocycles. The number of carboxylic acids is 1. The molecule has 0 spiro atoms. The fourth-order valence-corrected chi connectivity index (χ4v) is 2.75. The number of benzene rings is 2. The van der Waals surface area contributed by atoms with E-state index in [0.717, 1.165) is 11.1 Å². The average Bonchev–Trinajstić information content (AvgIpc) is 2.68. The van der Waals surface area contributed by atoms with Crippen molar-refractivity contribution >= 4 is 18.3 Å². The molecular weight excluding hydrogens is 348 g/mol. The molecule has 0 aromatic heterocycles. The van der Waals surface area contributed by atoms with Crippen LogP contribution in [0.5, 0.6) is 0 Å². The zero-order valence-electron chi connectivity index (χ0n) is 14.7. The zero-order chi connectivity index (χ0) is 19.6. The fourth-order valence-electron chi connectivity index (χ4n) is 2.75. The summed E-state index contributed by atoms with van der Waals surface area (Å²) in [6.07, 6.45) is 0.607. The van der Waals surface area contributed by atoms with Crippen LogP contribution in [0.15, 0.2) is 60.7 Å². The fraction of sp³-hybridized carbons (Fsp3) is 0.250. The topological polar surface area (TPSA) is 107 Å². The van der Waals surface area contributed by atoms with Crippen molar-refractivity contribution < 1.29 is 24.7 Å². The van der Waals surface area contributed by atoms with E-state index >= 15 is 0 Å². The molecule has 3 N–H and O–H groups in total. The van der Waals surface area contributed by atoms with Gasteiger partial charge in [-0.3, -0.25) is 14.8 Å². The molecule has 2 atom stereocenters. The third-order valence-corrected chi connectivity index (χ3v) is 4.12. The number of hydroxylamine groups is 2. The molecule has 0 aliphatic carbocycles. The lowest BCUT2D eigenvalue weighted by Crippen LogP contribution is -2.47. The van der Waals surface area contributed by atoms with Gasteiger partial charge in [0.15, 0.2) is 0 Å². The van der Waals surface area contributed by atoms with Crippen LogP contribution in [0.3, 0.4) is 0 Å². The summed E-state index contributed by atoms with van der Waals surface area (Å²) >= 11 is 0. The Kier molecular flexibility index (Phi) is 7.51. The molecule has 7 heteroatoms. The quantitative estimate of drug-likeness (QED) is 0.334. The second kappa shape index (κ2) is 10.1. The summed E-state index contributed by atoms with van der Waals surface area (Å²) in [6.45, 7) is -0.234. The molecule has 0 unspecified atom stereocenters. The standard InChI is InChI=1S/C20H22N2O5/c23-14-22(27)13-17(11-15-7-3-1-4-8-15)19(24)21-18(20(25)26)12-16-9-5-2-6-10-16/h1-10,14,17-18,27H,11-13H2,(H,21,24)(H,25,26)/t17-,18-/m0/s1. The minimum atomic E-state index is -1.15. The number of hydrogen-bond acceptors (Lipinski definition) is 4. The Bertz CT molecular complexity index is 751. The summed E-state index contributed by atoms with van der Waals surface area (Å²) in [4.78, 5) is 35.0. The number of carbonyl (C=O) groups is 3. The first-order chi connectivity index (χ1) is 13.0. The number of hydrogen-bond donors (Lipinski definition) is 3. The van der Waals surface area contributed by atoms with Crippen molar-refractivity contribution in [3.05, 3.63) is 71.8 Å². The minimum absolute atomic E-state index is 0.135. The SMILES string of the molecule is O=CN(O)C[C@H](Cc1ccccc1)C(=O)N[C@@H](Cc1ccccc1)C(=O)O. The van der Waals surface area contributed by atoms with Crippen LogP contribution in [0, 0.1) is 5.92 Å². The molecule has 2 amide bonds. The second-order valence-corrected chi connectivity index (χ2v) is 6.20. The Morgan fingerprint density at radius 1 is 0.963 bits per heavy atom. The van der Waals surface area contributed by atoms with Crippen molar-refractivity contribution in [3.8, 4) is 0 Å². The van der Waals surface area contributed by atoms with E-state index in [9.17, 15) is 24.7 Å². The molecule has 7 nitrogen and oxygen atoms in total. The van der Waals surface area contributed by atoms with Crippen molar-refractivity contribution in [2.45, 2.75) is 18.9 Å². The van der Waals surface area contributed by atoms with E-state index in [-0.39, 0.29) is 25.8 Å². The number of rotatable bonds is 10. The van der Waals surface area contributed by atoms with Crippen LogP contribution in [-0.2, 0) is 27.2 Å². The number of carbonyl (C=O) groups excluding carboxylic acids is 2. The molecule has 2 aromatic carbocycles. The summed E-state index contributed by atoms with van der Waals surface area (Å²) < 4.78 is 0. The predicted molar refractivity (Wildman–Crippen MR) is 97.9 cm³/mol. The molecule has 0 radical (unpaired) electrons. The van der Waals surface area contributed by atoms with E-state index in [4.69, 9.17) is 0 Å². The Hall–Kier alpha value is -3.19. The van der Waals surface area contributed by atoms with Crippen molar-refractivity contribution in [1.82, 2.24) is 10.4 Å². The Morgan fingerprint density at radius 2 is 1.48 bits per heavy atom. The van der Waals surface area contributed by atoms with Crippen molar-refractivity contribution in [3.63, 3.8) is 0 Å².